The van der Waals surface area contributed by atoms with Crippen LogP contribution in [0.25, 0.3) is 0 Å². The van der Waals surface area contributed by atoms with Crippen molar-refractivity contribution in [3.63, 3.8) is 0 Å². The number of methoxy groups -OCH3 is 1. The molecule has 1 N–H and O–H groups in total. The van der Waals surface area contributed by atoms with Crippen molar-refractivity contribution < 1.29 is 18.7 Å². The summed E-state index contributed by atoms with van der Waals surface area (Å²) in [6, 6.07) is 2.51. The average molecular weight is 253 g/mol. The summed E-state index contributed by atoms with van der Waals surface area (Å²) in [6.07, 6.45) is 1.07. The van der Waals surface area contributed by atoms with Gasteiger partial charge in [0.05, 0.1) is 18.1 Å². The van der Waals surface area contributed by atoms with Gasteiger partial charge < -0.3 is 14.5 Å². The van der Waals surface area contributed by atoms with Gasteiger partial charge in [-0.25, -0.2) is 4.79 Å². The summed E-state index contributed by atoms with van der Waals surface area (Å²) in [5.74, 6) is -0.835. The van der Waals surface area contributed by atoms with Gasteiger partial charge in [0.2, 0.25) is 0 Å². The second kappa shape index (κ2) is 5.48. The van der Waals surface area contributed by atoms with Crippen LogP contribution in [0.4, 0.5) is 0 Å². The largest absolute Gasteiger partial charge is 0.469 e. The zero-order valence-corrected chi connectivity index (χ0v) is 10.5. The fraction of sp³-hybridized carbons (Fsp3) is 0.417. The molecule has 0 saturated carbocycles. The van der Waals surface area contributed by atoms with E-state index in [1.807, 2.05) is 0 Å². The van der Waals surface area contributed by atoms with Crippen LogP contribution < -0.4 is 10.9 Å². The van der Waals surface area contributed by atoms with E-state index in [4.69, 9.17) is 0 Å². The van der Waals surface area contributed by atoms with Gasteiger partial charge in [0, 0.05) is 12.6 Å². The smallest absolute Gasteiger partial charge is 0.335 e. The average Bonchev–Trinajstić information content (AvgIpc) is 2.35. The van der Waals surface area contributed by atoms with Gasteiger partial charge in [0.1, 0.15) is 6.26 Å². The van der Waals surface area contributed by atoms with Gasteiger partial charge in [-0.3, -0.25) is 9.59 Å². The molecule has 6 nitrogen and oxygen atoms in total. The number of carbonyl (C=O) groups is 2. The molecule has 0 radical (unpaired) electrons. The first kappa shape index (κ1) is 14.0. The lowest BCUT2D eigenvalue weighted by atomic mass is 9.93. The second-order valence-corrected chi connectivity index (χ2v) is 4.40. The highest BCUT2D eigenvalue weighted by Crippen LogP contribution is 2.15. The molecule has 0 bridgehead atoms. The van der Waals surface area contributed by atoms with E-state index >= 15 is 0 Å². The van der Waals surface area contributed by atoms with Crippen LogP contribution in [0.3, 0.4) is 0 Å². The molecular formula is C12H15NO5. The van der Waals surface area contributed by atoms with Crippen molar-refractivity contribution in [3.05, 3.63) is 34.4 Å². The van der Waals surface area contributed by atoms with Gasteiger partial charge in [-0.1, -0.05) is 0 Å². The van der Waals surface area contributed by atoms with Crippen molar-refractivity contribution in [2.45, 2.75) is 13.8 Å². The standard InChI is InChI=1S/C12H15NO5/c1-12(2,11(16)17-3)7-13-10(15)8-4-5-9(14)18-6-8/h4-6H,7H2,1-3H3,(H,13,15). The number of esters is 1. The minimum Gasteiger partial charge on any atom is -0.469 e. The van der Waals surface area contributed by atoms with Gasteiger partial charge in [-0.2, -0.15) is 0 Å². The molecule has 0 unspecified atom stereocenters. The number of amides is 1. The van der Waals surface area contributed by atoms with Crippen LogP contribution in [-0.4, -0.2) is 25.5 Å². The normalized spacial score (nSPS) is 10.8. The Balaban J connectivity index is 2.64. The van der Waals surface area contributed by atoms with Crippen LogP contribution in [0, 0.1) is 5.41 Å². The Bertz CT molecular complexity index is 483. The predicted octanol–water partition coefficient (Wildman–Crippen LogP) is 0.569. The minimum absolute atomic E-state index is 0.123. The van der Waals surface area contributed by atoms with Crippen molar-refractivity contribution >= 4 is 11.9 Å². The van der Waals surface area contributed by atoms with Crippen LogP contribution in [0.5, 0.6) is 0 Å². The highest BCUT2D eigenvalue weighted by Gasteiger charge is 2.29. The molecule has 1 rings (SSSR count). The zero-order chi connectivity index (χ0) is 13.8. The maximum Gasteiger partial charge on any atom is 0.335 e. The number of rotatable bonds is 4. The molecular weight excluding hydrogens is 238 g/mol. The first-order chi connectivity index (χ1) is 8.36. The number of hydrogen-bond donors (Lipinski definition) is 1. The van der Waals surface area contributed by atoms with Crippen LogP contribution in [0.2, 0.25) is 0 Å². The molecule has 18 heavy (non-hydrogen) atoms. The summed E-state index contributed by atoms with van der Waals surface area (Å²) in [4.78, 5) is 33.8. The molecule has 1 aromatic heterocycles. The Morgan fingerprint density at radius 3 is 2.56 bits per heavy atom. The SMILES string of the molecule is COC(=O)C(C)(C)CNC(=O)c1ccc(=O)oc1. The Kier molecular flexibility index (Phi) is 4.25. The van der Waals surface area contributed by atoms with Gasteiger partial charge in [-0.05, 0) is 19.9 Å². The van der Waals surface area contributed by atoms with Crippen molar-refractivity contribution in [3.8, 4) is 0 Å². The molecule has 1 heterocycles. The lowest BCUT2D eigenvalue weighted by Crippen LogP contribution is -2.39. The van der Waals surface area contributed by atoms with Crippen molar-refractivity contribution in [1.82, 2.24) is 5.32 Å². The van der Waals surface area contributed by atoms with E-state index in [0.717, 1.165) is 12.3 Å². The Morgan fingerprint density at radius 1 is 1.39 bits per heavy atom. The number of carbonyl (C=O) groups excluding carboxylic acids is 2. The van der Waals surface area contributed by atoms with Crippen LogP contribution in [0.1, 0.15) is 24.2 Å². The molecule has 1 aromatic rings. The molecule has 1 amide bonds. The fourth-order valence-electron chi connectivity index (χ4n) is 1.24. The molecule has 0 aromatic carbocycles. The second-order valence-electron chi connectivity index (χ2n) is 4.40. The van der Waals surface area contributed by atoms with Gasteiger partial charge in [0.25, 0.3) is 5.91 Å². The summed E-state index contributed by atoms with van der Waals surface area (Å²) >= 11 is 0. The van der Waals surface area contributed by atoms with Crippen LogP contribution in [-0.2, 0) is 9.53 Å². The van der Waals surface area contributed by atoms with Gasteiger partial charge in [-0.15, -0.1) is 0 Å². The van der Waals surface area contributed by atoms with E-state index in [9.17, 15) is 14.4 Å². The van der Waals surface area contributed by atoms with Crippen molar-refractivity contribution in [2.24, 2.45) is 5.41 Å². The third kappa shape index (κ3) is 3.44. The lowest BCUT2D eigenvalue weighted by molar-refractivity contribution is -0.150. The first-order valence-corrected chi connectivity index (χ1v) is 5.32. The van der Waals surface area contributed by atoms with Gasteiger partial charge in [0.15, 0.2) is 0 Å². The summed E-state index contributed by atoms with van der Waals surface area (Å²) in [7, 11) is 1.29. The maximum atomic E-state index is 11.7. The summed E-state index contributed by atoms with van der Waals surface area (Å²) in [5.41, 5.74) is -1.13. The van der Waals surface area contributed by atoms with Crippen molar-refractivity contribution in [1.29, 1.82) is 0 Å². The number of ether oxygens (including phenoxy) is 1. The van der Waals surface area contributed by atoms with E-state index in [1.54, 1.807) is 13.8 Å². The third-order valence-electron chi connectivity index (χ3n) is 2.39. The topological polar surface area (TPSA) is 85.6 Å². The van der Waals surface area contributed by atoms with E-state index in [0.29, 0.717) is 0 Å². The number of hydrogen-bond acceptors (Lipinski definition) is 5. The van der Waals surface area contributed by atoms with E-state index < -0.39 is 22.9 Å². The molecule has 0 saturated heterocycles. The lowest BCUT2D eigenvalue weighted by Gasteiger charge is -2.21. The molecule has 98 valence electrons. The summed E-state index contributed by atoms with van der Waals surface area (Å²) < 4.78 is 9.19. The summed E-state index contributed by atoms with van der Waals surface area (Å²) in [5, 5.41) is 2.57. The van der Waals surface area contributed by atoms with Gasteiger partial charge >= 0.3 is 11.6 Å². The minimum atomic E-state index is -0.819. The monoisotopic (exact) mass is 253 g/mol. The molecule has 0 aliphatic heterocycles. The van der Waals surface area contributed by atoms with E-state index in [2.05, 4.69) is 14.5 Å². The molecule has 0 atom stereocenters. The van der Waals surface area contributed by atoms with Crippen molar-refractivity contribution in [2.75, 3.05) is 13.7 Å². The molecule has 0 aliphatic carbocycles. The zero-order valence-electron chi connectivity index (χ0n) is 10.5. The van der Waals surface area contributed by atoms with E-state index in [1.165, 1.54) is 13.2 Å². The fourth-order valence-corrected chi connectivity index (χ4v) is 1.24. The highest BCUT2D eigenvalue weighted by atomic mass is 16.5. The quantitative estimate of drug-likeness (QED) is 0.793. The highest BCUT2D eigenvalue weighted by molar-refractivity contribution is 5.94. The van der Waals surface area contributed by atoms with E-state index in [-0.39, 0.29) is 12.1 Å². The first-order valence-electron chi connectivity index (χ1n) is 5.32. The predicted molar refractivity (Wildman–Crippen MR) is 63.1 cm³/mol. The third-order valence-corrected chi connectivity index (χ3v) is 2.39. The van der Waals surface area contributed by atoms with Crippen LogP contribution >= 0.6 is 0 Å². The Labute approximate surface area is 104 Å². The molecule has 0 aliphatic rings. The Morgan fingerprint density at radius 2 is 2.06 bits per heavy atom. The Hall–Kier alpha value is -2.11. The molecule has 6 heteroatoms. The number of nitrogens with one attached hydrogen (secondary N) is 1. The molecule has 0 spiro atoms. The van der Waals surface area contributed by atoms with Crippen LogP contribution in [0.15, 0.2) is 27.6 Å². The molecule has 0 fully saturated rings. The summed E-state index contributed by atoms with van der Waals surface area (Å²) in [6.45, 7) is 3.44. The maximum absolute atomic E-state index is 11.7.